The number of carboxylic acids is 1. The number of carbonyl (C=O) groups excluding carboxylic acids is 1. The summed E-state index contributed by atoms with van der Waals surface area (Å²) in [7, 11) is 0. The highest BCUT2D eigenvalue weighted by atomic mass is 32.2. The third-order valence-corrected chi connectivity index (χ3v) is 6.05. The van der Waals surface area contributed by atoms with Gasteiger partial charge in [-0.3, -0.25) is 9.69 Å². The van der Waals surface area contributed by atoms with Crippen LogP contribution in [0.25, 0.3) is 4.91 Å². The van der Waals surface area contributed by atoms with Crippen molar-refractivity contribution in [3.63, 3.8) is 0 Å². The maximum atomic E-state index is 12.2. The average Bonchev–Trinajstić information content (AvgIpc) is 3.20. The van der Waals surface area contributed by atoms with E-state index < -0.39 is 18.0 Å². The predicted molar refractivity (Wildman–Crippen MR) is 93.9 cm³/mol. The molecule has 1 aromatic rings. The number of carbonyl (C=O) groups is 2. The van der Waals surface area contributed by atoms with E-state index in [0.717, 1.165) is 17.0 Å². The summed E-state index contributed by atoms with van der Waals surface area (Å²) < 4.78 is 0. The highest BCUT2D eigenvalue weighted by Gasteiger charge is 2.57. The van der Waals surface area contributed by atoms with E-state index >= 15 is 0 Å². The van der Waals surface area contributed by atoms with E-state index in [-0.39, 0.29) is 17.0 Å². The van der Waals surface area contributed by atoms with Crippen molar-refractivity contribution in [1.82, 2.24) is 4.90 Å². The Morgan fingerprint density at radius 1 is 1.16 bits per heavy atom. The first-order valence-corrected chi connectivity index (χ1v) is 8.85. The van der Waals surface area contributed by atoms with E-state index in [0.29, 0.717) is 4.91 Å². The zero-order valence-electron chi connectivity index (χ0n) is 13.4. The summed E-state index contributed by atoms with van der Waals surface area (Å²) in [4.78, 5) is 25.8. The number of hydrogen-bond donors (Lipinski definition) is 2. The van der Waals surface area contributed by atoms with Crippen LogP contribution in [0.15, 0.2) is 30.0 Å². The van der Waals surface area contributed by atoms with E-state index in [9.17, 15) is 19.8 Å². The maximum absolute atomic E-state index is 12.2. The smallest absolute Gasteiger partial charge is 0.353 e. The molecule has 127 valence electrons. The third-order valence-electron chi connectivity index (χ3n) is 4.64. The third kappa shape index (κ3) is 2.59. The van der Waals surface area contributed by atoms with Crippen LogP contribution in [-0.2, 0) is 9.59 Å². The first-order chi connectivity index (χ1) is 12.0. The zero-order chi connectivity index (χ0) is 17.7. The van der Waals surface area contributed by atoms with Gasteiger partial charge in [0.1, 0.15) is 11.1 Å². The summed E-state index contributed by atoms with van der Waals surface area (Å²) >= 11 is 1.34. The van der Waals surface area contributed by atoms with Crippen LogP contribution in [0.1, 0.15) is 18.1 Å². The number of aliphatic carboxylic acids is 1. The molecule has 4 rings (SSSR count). The molecule has 5 radical (unpaired) electrons. The standard InChI is InChI=1S/C19H16NO4S/c1-10(21)14-17(22)20-15(19(23)24)16(25-18(14)20)13-8-6-12(7-9-13)11-4-2-3-5-11/h2-10,14,18,21H,1H3,(H,23,24)/t10-,14+,18-/m1/s1. The first-order valence-electron chi connectivity index (χ1n) is 7.97. The Balaban J connectivity index is 1.65. The van der Waals surface area contributed by atoms with Gasteiger partial charge in [0.2, 0.25) is 5.91 Å². The fourth-order valence-electron chi connectivity index (χ4n) is 3.37. The van der Waals surface area contributed by atoms with Crippen molar-refractivity contribution in [3.8, 4) is 0 Å². The van der Waals surface area contributed by atoms with Crippen LogP contribution in [0.3, 0.4) is 0 Å². The number of rotatable bonds is 4. The van der Waals surface area contributed by atoms with Crippen molar-refractivity contribution in [2.24, 2.45) is 5.92 Å². The molecular weight excluding hydrogens is 338 g/mol. The largest absolute Gasteiger partial charge is 0.477 e. The number of carboxylic acid groups (broad SMARTS) is 1. The highest BCUT2D eigenvalue weighted by molar-refractivity contribution is 8.09. The van der Waals surface area contributed by atoms with Gasteiger partial charge in [0.05, 0.1) is 12.0 Å². The van der Waals surface area contributed by atoms with Crippen molar-refractivity contribution < 1.29 is 19.8 Å². The molecule has 0 bridgehead atoms. The molecule has 25 heavy (non-hydrogen) atoms. The Kier molecular flexibility index (Phi) is 4.12. The van der Waals surface area contributed by atoms with E-state index in [2.05, 4.69) is 0 Å². The Labute approximate surface area is 150 Å². The molecule has 1 saturated heterocycles. The summed E-state index contributed by atoms with van der Waals surface area (Å²) in [6, 6.07) is 7.64. The molecule has 0 spiro atoms. The monoisotopic (exact) mass is 354 g/mol. The molecule has 2 heterocycles. The van der Waals surface area contributed by atoms with Gasteiger partial charge in [-0.05, 0) is 43.7 Å². The first kappa shape index (κ1) is 16.7. The van der Waals surface area contributed by atoms with Crippen LogP contribution in [0.2, 0.25) is 0 Å². The molecule has 0 aromatic heterocycles. The van der Waals surface area contributed by atoms with Crippen molar-refractivity contribution in [3.05, 3.63) is 72.7 Å². The number of aliphatic hydroxyl groups is 1. The number of fused-ring (bicyclic) bond motifs is 1. The molecule has 1 aliphatic carbocycles. The van der Waals surface area contributed by atoms with Crippen molar-refractivity contribution in [1.29, 1.82) is 0 Å². The average molecular weight is 354 g/mol. The lowest BCUT2D eigenvalue weighted by atomic mass is 9.92. The molecular formula is C19H16NO4S. The fraction of sp³-hybridized carbons (Fsp3) is 0.211. The molecule has 0 unspecified atom stereocenters. The second-order valence-electron chi connectivity index (χ2n) is 6.22. The van der Waals surface area contributed by atoms with Crippen molar-refractivity contribution in [2.75, 3.05) is 0 Å². The summed E-state index contributed by atoms with van der Waals surface area (Å²) in [5, 5.41) is 19.0. The van der Waals surface area contributed by atoms with Gasteiger partial charge < -0.3 is 10.2 Å². The second kappa shape index (κ2) is 6.18. The predicted octanol–water partition coefficient (Wildman–Crippen LogP) is 2.11. The van der Waals surface area contributed by atoms with Gasteiger partial charge in [0.25, 0.3) is 0 Å². The normalized spacial score (nSPS) is 27.4. The number of thioether (sulfide) groups is 1. The zero-order valence-corrected chi connectivity index (χ0v) is 14.2. The minimum Gasteiger partial charge on any atom is -0.477 e. The number of hydrogen-bond acceptors (Lipinski definition) is 4. The molecule has 2 N–H and O–H groups in total. The molecule has 1 aromatic carbocycles. The minimum atomic E-state index is -1.12. The maximum Gasteiger partial charge on any atom is 0.353 e. The lowest BCUT2D eigenvalue weighted by molar-refractivity contribution is -0.156. The summed E-state index contributed by atoms with van der Waals surface area (Å²) in [5.41, 5.74) is 1.83. The van der Waals surface area contributed by atoms with Gasteiger partial charge in [0, 0.05) is 10.8 Å². The SMILES string of the molecule is C[C@@H](O)[C@H]1C(=O)N2C(C(=O)O)=C(c3ccc([C]4[CH][CH][CH][CH]4)cc3)S[C@H]12. The molecule has 5 nitrogen and oxygen atoms in total. The van der Waals surface area contributed by atoms with Crippen molar-refractivity contribution >= 4 is 28.5 Å². The lowest BCUT2D eigenvalue weighted by Crippen LogP contribution is -2.60. The molecule has 6 heteroatoms. The topological polar surface area (TPSA) is 77.8 Å². The number of aliphatic hydroxyl groups excluding tert-OH is 1. The summed E-state index contributed by atoms with van der Waals surface area (Å²) in [5.74, 6) is -0.900. The number of nitrogens with zero attached hydrogens (tertiary/aromatic N) is 1. The minimum absolute atomic E-state index is 0.0120. The number of amides is 1. The lowest BCUT2D eigenvalue weighted by Gasteiger charge is -2.43. The Morgan fingerprint density at radius 2 is 1.76 bits per heavy atom. The Bertz CT molecular complexity index is 749. The Hall–Kier alpha value is -1.79. The van der Waals surface area contributed by atoms with Gasteiger partial charge in [-0.1, -0.05) is 36.0 Å². The summed E-state index contributed by atoms with van der Waals surface area (Å²) in [6.45, 7) is 1.56. The van der Waals surface area contributed by atoms with Crippen molar-refractivity contribution in [2.45, 2.75) is 18.4 Å². The van der Waals surface area contributed by atoms with Gasteiger partial charge in [-0.15, -0.1) is 0 Å². The van der Waals surface area contributed by atoms with Crippen LogP contribution in [0.4, 0.5) is 0 Å². The molecule has 2 fully saturated rings. The van der Waals surface area contributed by atoms with Gasteiger partial charge in [0.15, 0.2) is 0 Å². The number of benzene rings is 1. The van der Waals surface area contributed by atoms with Gasteiger partial charge in [-0.2, -0.15) is 0 Å². The van der Waals surface area contributed by atoms with Gasteiger partial charge in [-0.25, -0.2) is 4.79 Å². The fourth-order valence-corrected chi connectivity index (χ4v) is 4.98. The van der Waals surface area contributed by atoms with Crippen LogP contribution in [-0.4, -0.2) is 38.5 Å². The van der Waals surface area contributed by atoms with E-state index in [1.54, 1.807) is 6.92 Å². The van der Waals surface area contributed by atoms with E-state index in [1.165, 1.54) is 16.7 Å². The van der Waals surface area contributed by atoms with Crippen LogP contribution in [0, 0.1) is 37.5 Å². The van der Waals surface area contributed by atoms with Crippen LogP contribution in [0.5, 0.6) is 0 Å². The van der Waals surface area contributed by atoms with Gasteiger partial charge >= 0.3 is 5.97 Å². The molecule has 3 atom stereocenters. The summed E-state index contributed by atoms with van der Waals surface area (Å²) in [6.07, 6.45) is 7.16. The molecule has 1 amide bonds. The van der Waals surface area contributed by atoms with Crippen LogP contribution >= 0.6 is 11.8 Å². The molecule has 2 aliphatic heterocycles. The number of β-lactam (4-membered cyclic amide) rings is 1. The second-order valence-corrected chi connectivity index (χ2v) is 7.34. The molecule has 3 aliphatic rings. The Morgan fingerprint density at radius 3 is 2.32 bits per heavy atom. The van der Waals surface area contributed by atoms with E-state index in [1.807, 2.05) is 49.9 Å². The molecule has 1 saturated carbocycles. The van der Waals surface area contributed by atoms with Crippen LogP contribution < -0.4 is 0 Å². The highest BCUT2D eigenvalue weighted by Crippen LogP contribution is 2.53. The van der Waals surface area contributed by atoms with E-state index in [4.69, 9.17) is 0 Å². The quantitative estimate of drug-likeness (QED) is 0.810.